The maximum Gasteiger partial charge on any atom is 0.274 e. The zero-order valence-electron chi connectivity index (χ0n) is 9.30. The topological polar surface area (TPSA) is 89.2 Å². The summed E-state index contributed by atoms with van der Waals surface area (Å²) in [6.45, 7) is 4.97. The lowest BCUT2D eigenvalue weighted by Crippen LogP contribution is -2.31. The van der Waals surface area contributed by atoms with Gasteiger partial charge >= 0.3 is 0 Å². The van der Waals surface area contributed by atoms with Gasteiger partial charge in [-0.25, -0.2) is 9.97 Å². The Kier molecular flexibility index (Phi) is 3.93. The Bertz CT molecular complexity index is 384. The summed E-state index contributed by atoms with van der Waals surface area (Å²) in [5.74, 6) is -0.858. The Hall–Kier alpha value is -1.98. The monoisotopic (exact) mass is 222 g/mol. The van der Waals surface area contributed by atoms with Crippen molar-refractivity contribution in [3.8, 4) is 0 Å². The Labute approximate surface area is 93.5 Å². The van der Waals surface area contributed by atoms with Crippen molar-refractivity contribution in [2.24, 2.45) is 5.73 Å². The molecule has 0 bridgehead atoms. The molecule has 6 heteroatoms. The van der Waals surface area contributed by atoms with Crippen LogP contribution in [0.1, 0.15) is 34.8 Å². The summed E-state index contributed by atoms with van der Waals surface area (Å²) < 4.78 is 0. The van der Waals surface area contributed by atoms with Crippen LogP contribution in [-0.2, 0) is 0 Å². The van der Waals surface area contributed by atoms with Gasteiger partial charge in [-0.1, -0.05) is 0 Å². The van der Waals surface area contributed by atoms with Crippen molar-refractivity contribution in [2.45, 2.75) is 13.8 Å². The zero-order valence-corrected chi connectivity index (χ0v) is 9.30. The van der Waals surface area contributed by atoms with Crippen LogP contribution in [-0.4, -0.2) is 39.8 Å². The largest absolute Gasteiger partial charge is 0.364 e. The molecule has 1 heterocycles. The molecule has 16 heavy (non-hydrogen) atoms. The normalized spacial score (nSPS) is 9.88. The molecule has 1 aromatic heterocycles. The molecule has 0 radical (unpaired) electrons. The fourth-order valence-electron chi connectivity index (χ4n) is 1.24. The highest BCUT2D eigenvalue weighted by molar-refractivity contribution is 5.93. The lowest BCUT2D eigenvalue weighted by molar-refractivity contribution is 0.0765. The summed E-state index contributed by atoms with van der Waals surface area (Å²) in [6, 6.07) is 0. The Balaban J connectivity index is 2.89. The minimum Gasteiger partial charge on any atom is -0.364 e. The summed E-state index contributed by atoms with van der Waals surface area (Å²) in [7, 11) is 0. The van der Waals surface area contributed by atoms with Crippen LogP contribution in [0.3, 0.4) is 0 Å². The molecular formula is C10H14N4O2. The molecule has 1 aromatic rings. The first-order chi connectivity index (χ1) is 7.60. The Morgan fingerprint density at radius 3 is 2.06 bits per heavy atom. The highest BCUT2D eigenvalue weighted by Gasteiger charge is 2.14. The van der Waals surface area contributed by atoms with Crippen molar-refractivity contribution in [3.63, 3.8) is 0 Å². The lowest BCUT2D eigenvalue weighted by atomic mass is 10.3. The number of nitrogens with two attached hydrogens (primary N) is 1. The van der Waals surface area contributed by atoms with Gasteiger partial charge in [-0.2, -0.15) is 0 Å². The second kappa shape index (κ2) is 5.20. The molecule has 0 aliphatic rings. The van der Waals surface area contributed by atoms with Gasteiger partial charge in [0.25, 0.3) is 11.8 Å². The quantitative estimate of drug-likeness (QED) is 0.779. The molecule has 1 rings (SSSR count). The van der Waals surface area contributed by atoms with Gasteiger partial charge in [0.2, 0.25) is 0 Å². The van der Waals surface area contributed by atoms with Crippen molar-refractivity contribution in [2.75, 3.05) is 13.1 Å². The fraction of sp³-hybridized carbons (Fsp3) is 0.400. The van der Waals surface area contributed by atoms with Crippen LogP contribution in [0, 0.1) is 0 Å². The van der Waals surface area contributed by atoms with Gasteiger partial charge in [0, 0.05) is 13.1 Å². The Morgan fingerprint density at radius 2 is 1.69 bits per heavy atom. The van der Waals surface area contributed by atoms with Crippen LogP contribution in [0.2, 0.25) is 0 Å². The molecule has 6 nitrogen and oxygen atoms in total. The van der Waals surface area contributed by atoms with Crippen LogP contribution in [0.15, 0.2) is 12.4 Å². The number of carbonyl (C=O) groups is 2. The number of amides is 2. The first-order valence-corrected chi connectivity index (χ1v) is 5.01. The van der Waals surface area contributed by atoms with Gasteiger partial charge in [0.15, 0.2) is 0 Å². The number of primary amides is 1. The van der Waals surface area contributed by atoms with Crippen molar-refractivity contribution < 1.29 is 9.59 Å². The van der Waals surface area contributed by atoms with E-state index in [1.54, 1.807) is 4.90 Å². The second-order valence-corrected chi connectivity index (χ2v) is 3.13. The SMILES string of the molecule is CCN(CC)C(=O)c1cnc(C(N)=O)cn1. The number of carbonyl (C=O) groups excluding carboxylic acids is 2. The first kappa shape index (κ1) is 12.1. The van der Waals surface area contributed by atoms with E-state index >= 15 is 0 Å². The van der Waals surface area contributed by atoms with E-state index in [4.69, 9.17) is 5.73 Å². The summed E-state index contributed by atoms with van der Waals surface area (Å²) in [5, 5.41) is 0. The molecule has 0 saturated heterocycles. The van der Waals surface area contributed by atoms with E-state index in [2.05, 4.69) is 9.97 Å². The van der Waals surface area contributed by atoms with Crippen LogP contribution in [0.5, 0.6) is 0 Å². The highest BCUT2D eigenvalue weighted by atomic mass is 16.2. The van der Waals surface area contributed by atoms with Gasteiger partial charge < -0.3 is 10.6 Å². The number of hydrogen-bond acceptors (Lipinski definition) is 4. The number of nitrogens with zero attached hydrogens (tertiary/aromatic N) is 3. The van der Waals surface area contributed by atoms with E-state index in [-0.39, 0.29) is 17.3 Å². The summed E-state index contributed by atoms with van der Waals surface area (Å²) >= 11 is 0. The molecule has 0 aliphatic carbocycles. The molecule has 2 amide bonds. The minimum atomic E-state index is -0.658. The average Bonchev–Trinajstić information content (AvgIpc) is 2.30. The summed E-state index contributed by atoms with van der Waals surface area (Å²) in [4.78, 5) is 31.8. The highest BCUT2D eigenvalue weighted by Crippen LogP contribution is 2.01. The van der Waals surface area contributed by atoms with Crippen LogP contribution in [0.25, 0.3) is 0 Å². The molecule has 0 fully saturated rings. The number of hydrogen-bond donors (Lipinski definition) is 1. The second-order valence-electron chi connectivity index (χ2n) is 3.13. The number of aromatic nitrogens is 2. The minimum absolute atomic E-state index is 0.0519. The van der Waals surface area contributed by atoms with E-state index in [9.17, 15) is 9.59 Å². The molecule has 0 saturated carbocycles. The van der Waals surface area contributed by atoms with Gasteiger partial charge in [0.1, 0.15) is 11.4 Å². The van der Waals surface area contributed by atoms with E-state index in [1.165, 1.54) is 12.4 Å². The van der Waals surface area contributed by atoms with E-state index in [0.717, 1.165) is 0 Å². The molecule has 2 N–H and O–H groups in total. The van der Waals surface area contributed by atoms with Crippen molar-refractivity contribution in [3.05, 3.63) is 23.8 Å². The third-order valence-electron chi connectivity index (χ3n) is 2.17. The van der Waals surface area contributed by atoms with E-state index in [0.29, 0.717) is 13.1 Å². The molecule has 0 aromatic carbocycles. The zero-order chi connectivity index (χ0) is 12.1. The van der Waals surface area contributed by atoms with Crippen molar-refractivity contribution in [1.29, 1.82) is 0 Å². The third-order valence-corrected chi connectivity index (χ3v) is 2.17. The van der Waals surface area contributed by atoms with E-state index < -0.39 is 5.91 Å². The Morgan fingerprint density at radius 1 is 1.19 bits per heavy atom. The molecule has 0 atom stereocenters. The maximum absolute atomic E-state index is 11.8. The van der Waals surface area contributed by atoms with E-state index in [1.807, 2.05) is 13.8 Å². The molecule has 86 valence electrons. The third kappa shape index (κ3) is 2.53. The molecule has 0 unspecified atom stereocenters. The predicted octanol–water partition coefficient (Wildman–Crippen LogP) is 0.0575. The number of rotatable bonds is 4. The maximum atomic E-state index is 11.8. The molecular weight excluding hydrogens is 208 g/mol. The van der Waals surface area contributed by atoms with Crippen molar-refractivity contribution >= 4 is 11.8 Å². The standard InChI is InChI=1S/C10H14N4O2/c1-3-14(4-2)10(16)8-6-12-7(5-13-8)9(11)15/h5-6H,3-4H2,1-2H3,(H2,11,15). The first-order valence-electron chi connectivity index (χ1n) is 5.01. The van der Waals surface area contributed by atoms with Crippen molar-refractivity contribution in [1.82, 2.24) is 14.9 Å². The van der Waals surface area contributed by atoms with Gasteiger partial charge in [0.05, 0.1) is 12.4 Å². The predicted molar refractivity (Wildman–Crippen MR) is 57.8 cm³/mol. The smallest absolute Gasteiger partial charge is 0.274 e. The fourth-order valence-corrected chi connectivity index (χ4v) is 1.24. The lowest BCUT2D eigenvalue weighted by Gasteiger charge is -2.17. The molecule has 0 spiro atoms. The molecule has 0 aliphatic heterocycles. The summed E-state index contributed by atoms with van der Waals surface area (Å²) in [5.41, 5.74) is 5.28. The van der Waals surface area contributed by atoms with Gasteiger partial charge in [-0.15, -0.1) is 0 Å². The van der Waals surface area contributed by atoms with Gasteiger partial charge in [-0.05, 0) is 13.8 Å². The van der Waals surface area contributed by atoms with Crippen LogP contribution < -0.4 is 5.73 Å². The summed E-state index contributed by atoms with van der Waals surface area (Å²) in [6.07, 6.45) is 2.47. The van der Waals surface area contributed by atoms with Gasteiger partial charge in [-0.3, -0.25) is 9.59 Å². The van der Waals surface area contributed by atoms with Crippen LogP contribution >= 0.6 is 0 Å². The average molecular weight is 222 g/mol. The van der Waals surface area contributed by atoms with Crippen LogP contribution in [0.4, 0.5) is 0 Å².